The van der Waals surface area contributed by atoms with E-state index in [9.17, 15) is 4.79 Å². The highest BCUT2D eigenvalue weighted by molar-refractivity contribution is 9.09. The molecule has 0 radical (unpaired) electrons. The van der Waals surface area contributed by atoms with E-state index < -0.39 is 0 Å². The standard InChI is InChI=1S/C19H29BrN2O/c1-2-11-22-13-17(15-9-6-10-16(20)12-15)18(21-22)19(23)14-7-4-3-5-8-14/h1,14-18,21H,3-13H2. The number of carbonyl (C=O) groups excluding carboxylic acids is 1. The monoisotopic (exact) mass is 380 g/mol. The van der Waals surface area contributed by atoms with Crippen LogP contribution in [-0.4, -0.2) is 34.8 Å². The van der Waals surface area contributed by atoms with Crippen molar-refractivity contribution in [3.05, 3.63) is 0 Å². The van der Waals surface area contributed by atoms with Crippen molar-refractivity contribution < 1.29 is 4.79 Å². The number of hydrogen-bond acceptors (Lipinski definition) is 3. The molecule has 1 heterocycles. The Kier molecular flexibility index (Phi) is 6.18. The van der Waals surface area contributed by atoms with E-state index in [-0.39, 0.29) is 12.0 Å². The molecule has 128 valence electrons. The maximum Gasteiger partial charge on any atom is 0.154 e. The van der Waals surface area contributed by atoms with Gasteiger partial charge in [-0.1, -0.05) is 47.5 Å². The van der Waals surface area contributed by atoms with Gasteiger partial charge in [0.15, 0.2) is 5.78 Å². The molecular formula is C19H29BrN2O. The molecule has 1 N–H and O–H groups in total. The smallest absolute Gasteiger partial charge is 0.154 e. The van der Waals surface area contributed by atoms with Crippen LogP contribution in [0.25, 0.3) is 0 Å². The zero-order valence-electron chi connectivity index (χ0n) is 14.0. The number of nitrogens with zero attached hydrogens (tertiary/aromatic N) is 1. The van der Waals surface area contributed by atoms with Crippen LogP contribution < -0.4 is 5.43 Å². The van der Waals surface area contributed by atoms with Crippen LogP contribution in [0.3, 0.4) is 0 Å². The number of nitrogens with one attached hydrogen (secondary N) is 1. The predicted molar refractivity (Wildman–Crippen MR) is 97.1 cm³/mol. The van der Waals surface area contributed by atoms with Gasteiger partial charge in [0.1, 0.15) is 0 Å². The first-order valence-electron chi connectivity index (χ1n) is 9.31. The number of alkyl halides is 1. The molecule has 4 atom stereocenters. The Morgan fingerprint density at radius 3 is 2.65 bits per heavy atom. The molecule has 3 nitrogen and oxygen atoms in total. The number of ketones is 1. The molecular weight excluding hydrogens is 352 g/mol. The van der Waals surface area contributed by atoms with Crippen molar-refractivity contribution in [3.63, 3.8) is 0 Å². The van der Waals surface area contributed by atoms with Crippen molar-refractivity contribution in [3.8, 4) is 12.3 Å². The lowest BCUT2D eigenvalue weighted by molar-refractivity contribution is -0.127. The quantitative estimate of drug-likeness (QED) is 0.597. The first-order chi connectivity index (χ1) is 11.2. The van der Waals surface area contributed by atoms with Crippen molar-refractivity contribution >= 4 is 21.7 Å². The fourth-order valence-corrected chi connectivity index (χ4v) is 5.62. The minimum Gasteiger partial charge on any atom is -0.298 e. The lowest BCUT2D eigenvalue weighted by atomic mass is 9.73. The van der Waals surface area contributed by atoms with E-state index >= 15 is 0 Å². The third-order valence-electron chi connectivity index (χ3n) is 6.03. The molecule has 4 unspecified atom stereocenters. The van der Waals surface area contributed by atoms with E-state index in [4.69, 9.17) is 6.42 Å². The van der Waals surface area contributed by atoms with E-state index in [1.807, 2.05) is 0 Å². The van der Waals surface area contributed by atoms with Crippen LogP contribution in [-0.2, 0) is 4.79 Å². The summed E-state index contributed by atoms with van der Waals surface area (Å²) in [5, 5.41) is 2.11. The second kappa shape index (κ2) is 8.14. The normalized spacial score (nSPS) is 36.7. The van der Waals surface area contributed by atoms with Gasteiger partial charge in [-0.25, -0.2) is 10.4 Å². The van der Waals surface area contributed by atoms with Gasteiger partial charge in [0, 0.05) is 17.3 Å². The minimum absolute atomic E-state index is 0.00532. The molecule has 4 heteroatoms. The highest BCUT2D eigenvalue weighted by atomic mass is 79.9. The Bertz CT molecular complexity index is 455. The molecule has 0 bridgehead atoms. The van der Waals surface area contributed by atoms with Gasteiger partial charge in [-0.15, -0.1) is 6.42 Å². The molecule has 0 aromatic rings. The molecule has 1 saturated heterocycles. The molecule has 0 spiro atoms. The van der Waals surface area contributed by atoms with Crippen LogP contribution in [0, 0.1) is 30.1 Å². The van der Waals surface area contributed by atoms with Crippen LogP contribution in [0.4, 0.5) is 0 Å². The number of hydrogen-bond donors (Lipinski definition) is 1. The number of rotatable bonds is 4. The summed E-state index contributed by atoms with van der Waals surface area (Å²) in [6, 6.07) is -0.00532. The van der Waals surface area contributed by atoms with E-state index in [1.54, 1.807) is 0 Å². The maximum atomic E-state index is 13.1. The fourth-order valence-electron chi connectivity index (χ4n) is 4.82. The largest absolute Gasteiger partial charge is 0.298 e. The van der Waals surface area contributed by atoms with Crippen molar-refractivity contribution in [2.75, 3.05) is 13.1 Å². The van der Waals surface area contributed by atoms with Gasteiger partial charge >= 0.3 is 0 Å². The summed E-state index contributed by atoms with van der Waals surface area (Å²) in [6.07, 6.45) is 16.4. The summed E-state index contributed by atoms with van der Waals surface area (Å²) >= 11 is 3.80. The van der Waals surface area contributed by atoms with E-state index in [2.05, 4.69) is 32.3 Å². The van der Waals surface area contributed by atoms with E-state index in [0.29, 0.717) is 29.0 Å². The summed E-state index contributed by atoms with van der Waals surface area (Å²) < 4.78 is 0. The molecule has 0 amide bonds. The van der Waals surface area contributed by atoms with Crippen molar-refractivity contribution in [2.24, 2.45) is 17.8 Å². The SMILES string of the molecule is C#CCN1CC(C2CCCC(Br)C2)C(C(=O)C2CCCCC2)N1. The van der Waals surface area contributed by atoms with Gasteiger partial charge in [-0.05, 0) is 43.9 Å². The first-order valence-corrected chi connectivity index (χ1v) is 10.2. The number of halogens is 1. The van der Waals surface area contributed by atoms with Gasteiger partial charge in [0.25, 0.3) is 0 Å². The van der Waals surface area contributed by atoms with Crippen LogP contribution in [0.2, 0.25) is 0 Å². The van der Waals surface area contributed by atoms with Gasteiger partial charge < -0.3 is 0 Å². The molecule has 3 fully saturated rings. The number of terminal acetylenes is 1. The van der Waals surface area contributed by atoms with Crippen LogP contribution in [0.5, 0.6) is 0 Å². The summed E-state index contributed by atoms with van der Waals surface area (Å²) in [5.74, 6) is 4.53. The van der Waals surface area contributed by atoms with E-state index in [1.165, 1.54) is 44.9 Å². The second-order valence-electron chi connectivity index (χ2n) is 7.62. The minimum atomic E-state index is -0.00532. The average molecular weight is 381 g/mol. The Morgan fingerprint density at radius 2 is 1.96 bits per heavy atom. The summed E-state index contributed by atoms with van der Waals surface area (Å²) in [5.41, 5.74) is 3.48. The topological polar surface area (TPSA) is 32.3 Å². The Hall–Kier alpha value is -0.370. The number of hydrazine groups is 1. The average Bonchev–Trinajstić information content (AvgIpc) is 2.99. The zero-order valence-corrected chi connectivity index (χ0v) is 15.6. The van der Waals surface area contributed by atoms with Crippen LogP contribution in [0.15, 0.2) is 0 Å². The van der Waals surface area contributed by atoms with Crippen LogP contribution in [0.1, 0.15) is 57.8 Å². The predicted octanol–water partition coefficient (Wildman–Crippen LogP) is 3.53. The number of Topliss-reactive ketones (excluding diaryl/α,β-unsaturated/α-hetero) is 1. The molecule has 2 saturated carbocycles. The van der Waals surface area contributed by atoms with Crippen molar-refractivity contribution in [1.82, 2.24) is 10.4 Å². The molecule has 2 aliphatic carbocycles. The van der Waals surface area contributed by atoms with Crippen molar-refractivity contribution in [1.29, 1.82) is 0 Å². The Labute approximate surface area is 149 Å². The third kappa shape index (κ3) is 4.18. The summed E-state index contributed by atoms with van der Waals surface area (Å²) in [6.45, 7) is 1.52. The molecule has 0 aromatic carbocycles. The van der Waals surface area contributed by atoms with Gasteiger partial charge in [0.2, 0.25) is 0 Å². The molecule has 1 aliphatic heterocycles. The summed E-state index contributed by atoms with van der Waals surface area (Å²) in [4.78, 5) is 13.8. The first kappa shape index (κ1) is 17.5. The van der Waals surface area contributed by atoms with E-state index in [0.717, 1.165) is 19.4 Å². The Morgan fingerprint density at radius 1 is 1.17 bits per heavy atom. The van der Waals surface area contributed by atoms with Crippen LogP contribution >= 0.6 is 15.9 Å². The second-order valence-corrected chi connectivity index (χ2v) is 8.91. The maximum absolute atomic E-state index is 13.1. The highest BCUT2D eigenvalue weighted by Crippen LogP contribution is 2.39. The van der Waals surface area contributed by atoms with Gasteiger partial charge in [-0.3, -0.25) is 4.79 Å². The molecule has 3 rings (SSSR count). The lowest BCUT2D eigenvalue weighted by Crippen LogP contribution is -2.45. The van der Waals surface area contributed by atoms with Crippen molar-refractivity contribution in [2.45, 2.75) is 68.7 Å². The molecule has 0 aromatic heterocycles. The van der Waals surface area contributed by atoms with Gasteiger partial charge in [0.05, 0.1) is 12.6 Å². The highest BCUT2D eigenvalue weighted by Gasteiger charge is 2.44. The zero-order chi connectivity index (χ0) is 16.2. The number of carbonyl (C=O) groups is 1. The molecule has 3 aliphatic rings. The van der Waals surface area contributed by atoms with Gasteiger partial charge in [-0.2, -0.15) is 0 Å². The lowest BCUT2D eigenvalue weighted by Gasteiger charge is -2.34. The summed E-state index contributed by atoms with van der Waals surface area (Å²) in [7, 11) is 0. The fraction of sp³-hybridized carbons (Fsp3) is 0.842. The third-order valence-corrected chi connectivity index (χ3v) is 6.87. The molecule has 23 heavy (non-hydrogen) atoms. The Balaban J connectivity index is 1.71.